The second-order valence-corrected chi connectivity index (χ2v) is 3.65. The van der Waals surface area contributed by atoms with Crippen LogP contribution in [0.4, 0.5) is 0 Å². The summed E-state index contributed by atoms with van der Waals surface area (Å²) in [5.41, 5.74) is 1.29. The van der Waals surface area contributed by atoms with Crippen LogP contribution in [0.2, 0.25) is 0 Å². The molecule has 2 heteroatoms. The number of rotatable bonds is 3. The fourth-order valence-corrected chi connectivity index (χ4v) is 1.76. The van der Waals surface area contributed by atoms with Crippen LogP contribution in [0.3, 0.4) is 0 Å². The molecule has 1 rings (SSSR count). The van der Waals surface area contributed by atoms with E-state index in [1.807, 2.05) is 6.07 Å². The van der Waals surface area contributed by atoms with Crippen molar-refractivity contribution in [3.05, 3.63) is 21.9 Å². The summed E-state index contributed by atoms with van der Waals surface area (Å²) in [4.78, 5) is 11.2. The zero-order valence-corrected chi connectivity index (χ0v) is 7.65. The van der Waals surface area contributed by atoms with E-state index in [1.54, 1.807) is 0 Å². The van der Waals surface area contributed by atoms with Crippen molar-refractivity contribution in [1.82, 2.24) is 0 Å². The molecule has 1 unspecified atom stereocenters. The Morgan fingerprint density at radius 3 is 2.91 bits per heavy atom. The third-order valence-electron chi connectivity index (χ3n) is 1.94. The van der Waals surface area contributed by atoms with E-state index in [4.69, 9.17) is 0 Å². The van der Waals surface area contributed by atoms with Crippen molar-refractivity contribution in [3.63, 3.8) is 0 Å². The fourth-order valence-electron chi connectivity index (χ4n) is 0.924. The molecule has 1 nitrogen and oxygen atoms in total. The van der Waals surface area contributed by atoms with Crippen molar-refractivity contribution in [3.8, 4) is 0 Å². The summed E-state index contributed by atoms with van der Waals surface area (Å²) in [6, 6.07) is 1.98. The van der Waals surface area contributed by atoms with Gasteiger partial charge < -0.3 is 0 Å². The van der Waals surface area contributed by atoms with Crippen LogP contribution in [-0.2, 0) is 0 Å². The second kappa shape index (κ2) is 3.67. The van der Waals surface area contributed by atoms with Crippen molar-refractivity contribution in [2.45, 2.75) is 26.2 Å². The number of carbonyl (C=O) groups excluding carboxylic acids is 1. The lowest BCUT2D eigenvalue weighted by Gasteiger charge is -2.02. The zero-order chi connectivity index (χ0) is 8.27. The Hall–Kier alpha value is -0.630. The monoisotopic (exact) mass is 168 g/mol. The van der Waals surface area contributed by atoms with Gasteiger partial charge in [-0.1, -0.05) is 13.8 Å². The van der Waals surface area contributed by atoms with Gasteiger partial charge in [0.1, 0.15) is 0 Å². The molecule has 0 fully saturated rings. The smallest absolute Gasteiger partial charge is 0.160 e. The number of hydrogen-bond donors (Lipinski definition) is 0. The van der Waals surface area contributed by atoms with Crippen LogP contribution in [0, 0.1) is 0 Å². The van der Waals surface area contributed by atoms with E-state index in [0.29, 0.717) is 5.92 Å². The van der Waals surface area contributed by atoms with E-state index >= 15 is 0 Å². The highest BCUT2D eigenvalue weighted by Gasteiger charge is 2.04. The lowest BCUT2D eigenvalue weighted by Crippen LogP contribution is -1.86. The van der Waals surface area contributed by atoms with Crippen LogP contribution in [-0.4, -0.2) is 6.29 Å². The molecule has 0 aliphatic carbocycles. The maximum Gasteiger partial charge on any atom is 0.160 e. The summed E-state index contributed by atoms with van der Waals surface area (Å²) in [7, 11) is 0. The molecule has 0 spiro atoms. The molecule has 0 N–H and O–H groups in total. The third kappa shape index (κ3) is 1.90. The standard InChI is InChI=1S/C9H12OS/c1-3-7(2)8-4-9(5-10)11-6-8/h4-7H,3H2,1-2H3. The van der Waals surface area contributed by atoms with Crippen molar-refractivity contribution < 1.29 is 4.79 Å². The molecule has 0 aromatic carbocycles. The van der Waals surface area contributed by atoms with Crippen LogP contribution >= 0.6 is 11.3 Å². The van der Waals surface area contributed by atoms with Crippen LogP contribution < -0.4 is 0 Å². The first kappa shape index (κ1) is 8.47. The van der Waals surface area contributed by atoms with Gasteiger partial charge in [-0.25, -0.2) is 0 Å². The Morgan fingerprint density at radius 1 is 1.73 bits per heavy atom. The van der Waals surface area contributed by atoms with Gasteiger partial charge >= 0.3 is 0 Å². The fraction of sp³-hybridized carbons (Fsp3) is 0.444. The van der Waals surface area contributed by atoms with Crippen LogP contribution in [0.25, 0.3) is 0 Å². The zero-order valence-electron chi connectivity index (χ0n) is 6.83. The number of aldehydes is 1. The van der Waals surface area contributed by atoms with E-state index in [2.05, 4.69) is 19.2 Å². The summed E-state index contributed by atoms with van der Waals surface area (Å²) < 4.78 is 0. The Balaban J connectivity index is 2.79. The van der Waals surface area contributed by atoms with Gasteiger partial charge in [-0.3, -0.25) is 4.79 Å². The average Bonchev–Trinajstić information content (AvgIpc) is 2.50. The van der Waals surface area contributed by atoms with Gasteiger partial charge in [-0.2, -0.15) is 0 Å². The van der Waals surface area contributed by atoms with Crippen LogP contribution in [0.15, 0.2) is 11.4 Å². The SMILES string of the molecule is CCC(C)c1csc(C=O)c1. The van der Waals surface area contributed by atoms with E-state index < -0.39 is 0 Å². The summed E-state index contributed by atoms with van der Waals surface area (Å²) in [6.07, 6.45) is 2.05. The number of hydrogen-bond acceptors (Lipinski definition) is 2. The maximum absolute atomic E-state index is 10.3. The lowest BCUT2D eigenvalue weighted by molar-refractivity contribution is 0.112. The second-order valence-electron chi connectivity index (χ2n) is 2.71. The van der Waals surface area contributed by atoms with Gasteiger partial charge in [-0.05, 0) is 29.3 Å². The van der Waals surface area contributed by atoms with Crippen molar-refractivity contribution in [2.75, 3.05) is 0 Å². The highest BCUT2D eigenvalue weighted by atomic mass is 32.1. The molecule has 11 heavy (non-hydrogen) atoms. The Kier molecular flexibility index (Phi) is 2.83. The van der Waals surface area contributed by atoms with Crippen molar-refractivity contribution in [1.29, 1.82) is 0 Å². The molecule has 1 aromatic heterocycles. The molecule has 1 atom stereocenters. The topological polar surface area (TPSA) is 17.1 Å². The summed E-state index contributed by atoms with van der Waals surface area (Å²) >= 11 is 1.53. The van der Waals surface area contributed by atoms with Gasteiger partial charge in [0.25, 0.3) is 0 Å². The lowest BCUT2D eigenvalue weighted by atomic mass is 10.0. The maximum atomic E-state index is 10.3. The number of thiophene rings is 1. The average molecular weight is 168 g/mol. The molecule has 0 radical (unpaired) electrons. The first-order valence-corrected chi connectivity index (χ1v) is 4.69. The van der Waals surface area contributed by atoms with E-state index in [0.717, 1.165) is 17.6 Å². The molecule has 0 saturated carbocycles. The van der Waals surface area contributed by atoms with E-state index in [9.17, 15) is 4.79 Å². The Labute approximate surface area is 71.1 Å². The van der Waals surface area contributed by atoms with Gasteiger partial charge in [-0.15, -0.1) is 11.3 Å². The van der Waals surface area contributed by atoms with Crippen molar-refractivity contribution >= 4 is 17.6 Å². The van der Waals surface area contributed by atoms with E-state index in [-0.39, 0.29) is 0 Å². The van der Waals surface area contributed by atoms with Crippen LogP contribution in [0.1, 0.15) is 41.4 Å². The summed E-state index contributed by atoms with van der Waals surface area (Å²) in [5, 5.41) is 2.07. The molecule has 1 heterocycles. The predicted octanol–water partition coefficient (Wildman–Crippen LogP) is 3.07. The van der Waals surface area contributed by atoms with Gasteiger partial charge in [0, 0.05) is 0 Å². The molecule has 60 valence electrons. The van der Waals surface area contributed by atoms with Gasteiger partial charge in [0.15, 0.2) is 6.29 Å². The first-order valence-electron chi connectivity index (χ1n) is 3.81. The molecular weight excluding hydrogens is 156 g/mol. The van der Waals surface area contributed by atoms with Gasteiger partial charge in [0.05, 0.1) is 4.88 Å². The molecule has 0 amide bonds. The number of carbonyl (C=O) groups is 1. The third-order valence-corrected chi connectivity index (χ3v) is 2.81. The summed E-state index contributed by atoms with van der Waals surface area (Å²) in [6.45, 7) is 4.33. The minimum atomic E-state index is 0.583. The molecule has 0 bridgehead atoms. The largest absolute Gasteiger partial charge is 0.297 e. The Bertz CT molecular complexity index is 239. The highest BCUT2D eigenvalue weighted by molar-refractivity contribution is 7.11. The molecule has 0 saturated heterocycles. The quantitative estimate of drug-likeness (QED) is 0.634. The first-order chi connectivity index (χ1) is 5.27. The molecule has 1 aromatic rings. The molecule has 0 aliphatic rings. The minimum absolute atomic E-state index is 0.583. The Morgan fingerprint density at radius 2 is 2.45 bits per heavy atom. The van der Waals surface area contributed by atoms with E-state index in [1.165, 1.54) is 16.9 Å². The molecule has 0 aliphatic heterocycles. The predicted molar refractivity (Wildman–Crippen MR) is 48.4 cm³/mol. The van der Waals surface area contributed by atoms with Crippen molar-refractivity contribution in [2.24, 2.45) is 0 Å². The normalized spacial score (nSPS) is 12.9. The van der Waals surface area contributed by atoms with Gasteiger partial charge in [0.2, 0.25) is 0 Å². The summed E-state index contributed by atoms with van der Waals surface area (Å²) in [5.74, 6) is 0.583. The highest BCUT2D eigenvalue weighted by Crippen LogP contribution is 2.23. The molecular formula is C9H12OS. The van der Waals surface area contributed by atoms with Crippen LogP contribution in [0.5, 0.6) is 0 Å². The minimum Gasteiger partial charge on any atom is -0.297 e.